The highest BCUT2D eigenvalue weighted by atomic mass is 35.5. The van der Waals surface area contributed by atoms with Crippen LogP contribution < -0.4 is 0 Å². The molecule has 0 unspecified atom stereocenters. The number of halogens is 3. The monoisotopic (exact) mass is 1640 g/mol. The Bertz CT molecular complexity index is 4090. The molecule has 0 aliphatic carbocycles. The molecule has 0 atom stereocenters. The van der Waals surface area contributed by atoms with Gasteiger partial charge in [-0.3, -0.25) is 0 Å². The number of carbonyl (C=O) groups is 8. The molecule has 0 N–H and O–H groups in total. The quantitative estimate of drug-likeness (QED) is 0.0551. The van der Waals surface area contributed by atoms with E-state index in [4.69, 9.17) is 73.1 Å². The van der Waals surface area contributed by atoms with Crippen molar-refractivity contribution in [1.82, 2.24) is 0 Å². The van der Waals surface area contributed by atoms with Crippen LogP contribution >= 0.6 is 34.8 Å². The maximum absolute atomic E-state index is 12.8. The lowest BCUT2D eigenvalue weighted by Gasteiger charge is -2.16. The number of aryl methyl sites for hydroxylation is 8. The van der Waals surface area contributed by atoms with E-state index < -0.39 is 41.8 Å². The van der Waals surface area contributed by atoms with Crippen LogP contribution in [0.25, 0.3) is 0 Å². The van der Waals surface area contributed by atoms with E-state index in [-0.39, 0.29) is 51.7 Å². The van der Waals surface area contributed by atoms with E-state index in [1.807, 2.05) is 177 Å². The zero-order valence-corrected chi connectivity index (χ0v) is 70.0. The molecule has 4 aromatic rings. The minimum atomic E-state index is -0.530. The van der Waals surface area contributed by atoms with Crippen molar-refractivity contribution in [2.75, 3.05) is 81.3 Å². The number of hydrogen-bond acceptors (Lipinski definition) is 24. The second kappa shape index (κ2) is 52.7. The number of fused-ring (bicyclic) bond motifs is 4. The molecule has 0 aromatic heterocycles. The summed E-state index contributed by atoms with van der Waals surface area (Å²) in [6.07, 6.45) is 42.1. The maximum Gasteiger partial charge on any atom is 0.346 e. The Balaban J connectivity index is 0.000000274. The second-order valence-corrected chi connectivity index (χ2v) is 27.7. The van der Waals surface area contributed by atoms with Crippen LogP contribution in [0.5, 0.6) is 0 Å². The molecule has 0 amide bonds. The third-order valence-electron chi connectivity index (χ3n) is 17.4. The van der Waals surface area contributed by atoms with Crippen LogP contribution in [0.4, 0.5) is 0 Å². The standard InChI is InChI=1S/3C22H26ClNO5.C22H27NO5/c3*1-15-12-16(2)21(23)18-13-17(24-29-14-19(25)27-3)10-8-6-4-5-7-9-11-28-22(26)20(15)18;1-16-12-17(2)21-18(13-16)14-19(23-28-15-20(24)26-3)10-8-6-4-5-7-9-11-27-22(21)25/h3*5,7-8,10,12H,4,6,9,11,13-14H2,1-3H3;5,7-8,10,12-13H,4,6,9,11,14-15H2,1-3H3/b2*7-5+,10-8+,24-17+;7-5+,10-8+,24-17-;7-5+,10-8+,23-19-. The summed E-state index contributed by atoms with van der Waals surface area (Å²) in [7, 11) is 5.13. The maximum atomic E-state index is 12.8. The van der Waals surface area contributed by atoms with Crippen molar-refractivity contribution in [3.8, 4) is 0 Å². The zero-order valence-electron chi connectivity index (χ0n) is 67.7. The van der Waals surface area contributed by atoms with Crippen LogP contribution in [-0.4, -0.2) is 152 Å². The second-order valence-electron chi connectivity index (χ2n) is 26.6. The Morgan fingerprint density at radius 3 is 0.817 bits per heavy atom. The first kappa shape index (κ1) is 94.9. The minimum absolute atomic E-state index is 0.263. The highest BCUT2D eigenvalue weighted by Gasteiger charge is 2.26. The van der Waals surface area contributed by atoms with Gasteiger partial charge in [0.2, 0.25) is 26.4 Å². The molecule has 4 aliphatic heterocycles. The lowest BCUT2D eigenvalue weighted by Crippen LogP contribution is -2.15. The summed E-state index contributed by atoms with van der Waals surface area (Å²) in [6, 6.07) is 9.52. The average Bonchev–Trinajstić information content (AvgIpc) is 0.812. The van der Waals surface area contributed by atoms with E-state index in [9.17, 15) is 38.4 Å². The fraction of sp³-hybridized carbons (Fsp3) is 0.409. The molecule has 618 valence electrons. The van der Waals surface area contributed by atoms with E-state index in [0.29, 0.717) is 135 Å². The zero-order chi connectivity index (χ0) is 84.0. The average molecular weight is 1650 g/mol. The fourth-order valence-electron chi connectivity index (χ4n) is 11.9. The molecule has 27 heteroatoms. The van der Waals surface area contributed by atoms with E-state index in [1.54, 1.807) is 0 Å². The highest BCUT2D eigenvalue weighted by Crippen LogP contribution is 2.33. The van der Waals surface area contributed by atoms with Crippen molar-refractivity contribution in [1.29, 1.82) is 0 Å². The summed E-state index contributed by atoms with van der Waals surface area (Å²) in [5.74, 6) is -3.67. The molecule has 0 fully saturated rings. The van der Waals surface area contributed by atoms with Gasteiger partial charge in [0.15, 0.2) is 0 Å². The van der Waals surface area contributed by atoms with Crippen molar-refractivity contribution in [2.45, 2.75) is 158 Å². The Morgan fingerprint density at radius 2 is 0.548 bits per heavy atom. The summed E-state index contributed by atoms with van der Waals surface area (Å²) in [6.45, 7) is 15.2. The van der Waals surface area contributed by atoms with Gasteiger partial charge in [-0.25, -0.2) is 38.4 Å². The van der Waals surface area contributed by atoms with E-state index in [0.717, 1.165) is 101 Å². The first-order valence-electron chi connectivity index (χ1n) is 37.7. The number of allylic oxidation sites excluding steroid dienone is 12. The molecule has 0 spiro atoms. The van der Waals surface area contributed by atoms with Gasteiger partial charge < -0.3 is 57.2 Å². The predicted molar refractivity (Wildman–Crippen MR) is 445 cm³/mol. The van der Waals surface area contributed by atoms with Crippen molar-refractivity contribution < 1.29 is 95.6 Å². The molecular weight excluding hydrogens is 1540 g/mol. The lowest BCUT2D eigenvalue weighted by molar-refractivity contribution is -0.146. The molecule has 0 radical (unpaired) electrons. The van der Waals surface area contributed by atoms with Gasteiger partial charge in [-0.15, -0.1) is 0 Å². The SMILES string of the molecule is COC(=O)CO/N=C1/C=C/CC/C=C/CCOC(=O)c2c(C)cc(C)c(Cl)c2C1.COC(=O)CO/N=C1/C=C/CC/C=C/CCOC(=O)c2c(C)cc(C)cc2C1.COC(=O)CO/N=C1\C=C\CC/C=C/CCOC(=O)c2c(C)cc(C)c(Cl)c2C1.COC(=O)CO/N=C1\C=C\CC/C=C/CCOC(=O)c2c(C)cc(C)c(Cl)c2C1. The van der Waals surface area contributed by atoms with Crippen molar-refractivity contribution >= 4 is 105 Å². The Morgan fingerprint density at radius 1 is 0.313 bits per heavy atom. The number of methoxy groups -OCH3 is 4. The molecule has 4 aromatic carbocycles. The number of carbonyl (C=O) groups excluding carboxylic acids is 8. The molecule has 24 nitrogen and oxygen atoms in total. The van der Waals surface area contributed by atoms with Gasteiger partial charge >= 0.3 is 47.8 Å². The topological polar surface area (TPSA) is 297 Å². The van der Waals surface area contributed by atoms with Crippen molar-refractivity contribution in [3.05, 3.63) is 232 Å². The molecule has 0 saturated carbocycles. The number of benzene rings is 4. The summed E-state index contributed by atoms with van der Waals surface area (Å²) in [5.41, 5.74) is 13.7. The normalized spacial score (nSPS) is 18.9. The van der Waals surface area contributed by atoms with E-state index in [2.05, 4.69) is 45.6 Å². The molecule has 0 bridgehead atoms. The predicted octanol–water partition coefficient (Wildman–Crippen LogP) is 17.3. The fourth-order valence-corrected chi connectivity index (χ4v) is 12.5. The third-order valence-corrected chi connectivity index (χ3v) is 19.0. The molecule has 4 heterocycles. The first-order chi connectivity index (χ1) is 55.3. The van der Waals surface area contributed by atoms with Crippen LogP contribution in [-0.2, 0) is 102 Å². The summed E-state index contributed by atoms with van der Waals surface area (Å²) < 4.78 is 40.0. The molecule has 4 aliphatic rings. The highest BCUT2D eigenvalue weighted by molar-refractivity contribution is 6.34. The van der Waals surface area contributed by atoms with Crippen LogP contribution in [0.2, 0.25) is 15.1 Å². The molecular formula is C88H105Cl3N4O20. The van der Waals surface area contributed by atoms with Crippen LogP contribution in [0.1, 0.15) is 185 Å². The number of hydrogen-bond donors (Lipinski definition) is 0. The van der Waals surface area contributed by atoms with E-state index in [1.165, 1.54) is 28.4 Å². The molecule has 115 heavy (non-hydrogen) atoms. The van der Waals surface area contributed by atoms with Gasteiger partial charge in [-0.1, -0.05) is 164 Å². The number of ether oxygens (including phenoxy) is 8. The third kappa shape index (κ3) is 33.7. The van der Waals surface area contributed by atoms with Crippen molar-refractivity contribution in [2.24, 2.45) is 20.6 Å². The van der Waals surface area contributed by atoms with Crippen LogP contribution in [0, 0.1) is 55.4 Å². The Hall–Kier alpha value is -10.7. The summed E-state index contributed by atoms with van der Waals surface area (Å²) in [5, 5.41) is 17.7. The largest absolute Gasteiger partial charge is 0.466 e. The van der Waals surface area contributed by atoms with Crippen LogP contribution in [0.3, 0.4) is 0 Å². The van der Waals surface area contributed by atoms with Gasteiger partial charge in [0.1, 0.15) is 0 Å². The van der Waals surface area contributed by atoms with Gasteiger partial charge in [-0.2, -0.15) is 0 Å². The Labute approximate surface area is 688 Å². The number of nitrogens with zero attached hydrogens (tertiary/aromatic N) is 4. The van der Waals surface area contributed by atoms with Gasteiger partial charge in [-0.05, 0) is 218 Å². The van der Waals surface area contributed by atoms with Crippen LogP contribution in [0.15, 0.2) is 148 Å². The number of oxime groups is 4. The molecule has 0 saturated heterocycles. The first-order valence-corrected chi connectivity index (χ1v) is 38.9. The smallest absolute Gasteiger partial charge is 0.346 e. The Kier molecular flexibility index (Phi) is 43.5. The number of esters is 8. The number of rotatable bonds is 12. The molecule has 8 rings (SSSR count). The number of cyclic esters (lactones) is 4. The lowest BCUT2D eigenvalue weighted by atomic mass is 9.94. The summed E-state index contributed by atoms with van der Waals surface area (Å²) >= 11 is 19.7. The summed E-state index contributed by atoms with van der Waals surface area (Å²) in [4.78, 5) is 117. The van der Waals surface area contributed by atoms with Gasteiger partial charge in [0, 0.05) is 40.8 Å². The van der Waals surface area contributed by atoms with Gasteiger partial charge in [0.25, 0.3) is 0 Å². The van der Waals surface area contributed by atoms with Gasteiger partial charge in [0.05, 0.1) is 100.0 Å². The van der Waals surface area contributed by atoms with Crippen molar-refractivity contribution in [3.63, 3.8) is 0 Å². The van der Waals surface area contributed by atoms with E-state index >= 15 is 0 Å². The minimum Gasteiger partial charge on any atom is -0.466 e.